The van der Waals surface area contributed by atoms with Crippen molar-refractivity contribution in [3.8, 4) is 5.75 Å². The second kappa shape index (κ2) is 12.9. The van der Waals surface area contributed by atoms with Crippen LogP contribution in [0.4, 0.5) is 15.9 Å². The van der Waals surface area contributed by atoms with E-state index in [9.17, 15) is 14.0 Å². The summed E-state index contributed by atoms with van der Waals surface area (Å²) in [4.78, 5) is 42.7. The van der Waals surface area contributed by atoms with E-state index in [2.05, 4.69) is 14.9 Å². The first-order valence-corrected chi connectivity index (χ1v) is 14.8. The Morgan fingerprint density at radius 3 is 2.39 bits per heavy atom. The zero-order valence-electron chi connectivity index (χ0n) is 23.0. The normalized spacial score (nSPS) is 17.5. The standard InChI is InChI=1S/C29H32ClFN6O3S/c1-20-18-36(15-16-37(20)28(39)21-7-9-22(40-2)10-8-21)26-17-25(30)32-29(33-26)41-19-27(38)35-13-11-34(12-14-35)24-6-4-3-5-23(24)31/h3-10,17,20H,11-16,18-19H2,1-2H3. The monoisotopic (exact) mass is 598 g/mol. The average molecular weight is 599 g/mol. The number of para-hydroxylation sites is 1. The molecule has 0 N–H and O–H groups in total. The molecular formula is C29H32ClFN6O3S. The predicted molar refractivity (Wildman–Crippen MR) is 159 cm³/mol. The molecule has 3 aromatic rings. The van der Waals surface area contributed by atoms with E-state index in [4.69, 9.17) is 16.3 Å². The molecule has 0 radical (unpaired) electrons. The van der Waals surface area contributed by atoms with E-state index < -0.39 is 0 Å². The van der Waals surface area contributed by atoms with E-state index in [1.54, 1.807) is 54.5 Å². The highest BCUT2D eigenvalue weighted by Crippen LogP contribution is 2.26. The van der Waals surface area contributed by atoms with Crippen LogP contribution in [-0.2, 0) is 4.79 Å². The van der Waals surface area contributed by atoms with Crippen molar-refractivity contribution in [1.82, 2.24) is 19.8 Å². The van der Waals surface area contributed by atoms with E-state index in [0.29, 0.717) is 78.9 Å². The molecule has 3 heterocycles. The first-order chi connectivity index (χ1) is 19.8. The van der Waals surface area contributed by atoms with Crippen molar-refractivity contribution in [3.05, 3.63) is 71.1 Å². The number of thioether (sulfide) groups is 1. The summed E-state index contributed by atoms with van der Waals surface area (Å²) in [6.07, 6.45) is 0. The summed E-state index contributed by atoms with van der Waals surface area (Å²) in [6.45, 7) is 5.91. The van der Waals surface area contributed by atoms with Gasteiger partial charge in [-0.05, 0) is 43.3 Å². The molecule has 2 aliphatic heterocycles. The topological polar surface area (TPSA) is 82.1 Å². The number of piperazine rings is 2. The largest absolute Gasteiger partial charge is 0.497 e. The lowest BCUT2D eigenvalue weighted by atomic mass is 10.1. The Morgan fingerprint density at radius 1 is 1.00 bits per heavy atom. The van der Waals surface area contributed by atoms with Crippen LogP contribution in [0.25, 0.3) is 0 Å². The van der Waals surface area contributed by atoms with Gasteiger partial charge in [0.1, 0.15) is 22.5 Å². The Hall–Kier alpha value is -3.57. The molecule has 0 aliphatic carbocycles. The number of amides is 2. The van der Waals surface area contributed by atoms with Crippen LogP contribution >= 0.6 is 23.4 Å². The molecule has 12 heteroatoms. The first kappa shape index (κ1) is 28.9. The van der Waals surface area contributed by atoms with E-state index in [1.807, 2.05) is 22.8 Å². The molecule has 1 unspecified atom stereocenters. The number of rotatable bonds is 7. The van der Waals surface area contributed by atoms with Crippen molar-refractivity contribution >= 4 is 46.7 Å². The maximum atomic E-state index is 14.1. The molecule has 2 amide bonds. The Labute approximate surface area is 248 Å². The highest BCUT2D eigenvalue weighted by Gasteiger charge is 2.29. The van der Waals surface area contributed by atoms with E-state index >= 15 is 0 Å². The summed E-state index contributed by atoms with van der Waals surface area (Å²) < 4.78 is 19.3. The number of hydrogen-bond donors (Lipinski definition) is 0. The quantitative estimate of drug-likeness (QED) is 0.229. The van der Waals surface area contributed by atoms with E-state index in [-0.39, 0.29) is 29.4 Å². The third kappa shape index (κ3) is 6.84. The highest BCUT2D eigenvalue weighted by molar-refractivity contribution is 7.99. The molecule has 1 atom stereocenters. The average Bonchev–Trinajstić information content (AvgIpc) is 2.99. The SMILES string of the molecule is COc1ccc(C(=O)N2CCN(c3cc(Cl)nc(SCC(=O)N4CCN(c5ccccc5F)CC4)n3)CC2C)cc1. The molecule has 0 bridgehead atoms. The first-order valence-electron chi connectivity index (χ1n) is 13.5. The van der Waals surface area contributed by atoms with Gasteiger partial charge in [-0.1, -0.05) is 35.5 Å². The number of nitrogens with zero attached hydrogens (tertiary/aromatic N) is 6. The van der Waals surface area contributed by atoms with Crippen LogP contribution in [-0.4, -0.2) is 96.3 Å². The fourth-order valence-electron chi connectivity index (χ4n) is 5.10. The van der Waals surface area contributed by atoms with Crippen molar-refractivity contribution in [2.45, 2.75) is 18.1 Å². The van der Waals surface area contributed by atoms with Gasteiger partial charge in [-0.15, -0.1) is 0 Å². The number of aromatic nitrogens is 2. The molecule has 5 rings (SSSR count). The fraction of sp³-hybridized carbons (Fsp3) is 0.379. The van der Waals surface area contributed by atoms with Crippen LogP contribution in [0.1, 0.15) is 17.3 Å². The lowest BCUT2D eigenvalue weighted by Crippen LogP contribution is -2.54. The van der Waals surface area contributed by atoms with Crippen LogP contribution < -0.4 is 14.5 Å². The van der Waals surface area contributed by atoms with Gasteiger partial charge in [-0.2, -0.15) is 0 Å². The molecule has 2 aromatic carbocycles. The summed E-state index contributed by atoms with van der Waals surface area (Å²) in [5.41, 5.74) is 1.18. The second-order valence-electron chi connectivity index (χ2n) is 9.96. The Balaban J connectivity index is 1.15. The van der Waals surface area contributed by atoms with Gasteiger partial charge in [0.05, 0.1) is 18.6 Å². The number of ether oxygens (including phenoxy) is 1. The van der Waals surface area contributed by atoms with Crippen molar-refractivity contribution in [2.24, 2.45) is 0 Å². The predicted octanol–water partition coefficient (Wildman–Crippen LogP) is 4.07. The Morgan fingerprint density at radius 2 is 1.71 bits per heavy atom. The minimum atomic E-state index is -0.253. The number of benzene rings is 2. The lowest BCUT2D eigenvalue weighted by molar-refractivity contribution is -0.128. The van der Waals surface area contributed by atoms with Crippen LogP contribution in [0.5, 0.6) is 5.75 Å². The van der Waals surface area contributed by atoms with E-state index in [0.717, 1.165) is 0 Å². The number of carbonyl (C=O) groups excluding carboxylic acids is 2. The maximum absolute atomic E-state index is 14.1. The molecule has 2 fully saturated rings. The molecule has 41 heavy (non-hydrogen) atoms. The van der Waals surface area contributed by atoms with Gasteiger partial charge in [0.25, 0.3) is 5.91 Å². The minimum absolute atomic E-state index is 0.0208. The molecule has 216 valence electrons. The van der Waals surface area contributed by atoms with Gasteiger partial charge in [0.2, 0.25) is 5.91 Å². The molecule has 2 saturated heterocycles. The number of anilines is 2. The van der Waals surface area contributed by atoms with Crippen LogP contribution in [0, 0.1) is 5.82 Å². The fourth-order valence-corrected chi connectivity index (χ4v) is 6.09. The van der Waals surface area contributed by atoms with E-state index in [1.165, 1.54) is 17.8 Å². The molecule has 2 aliphatic rings. The lowest BCUT2D eigenvalue weighted by Gasteiger charge is -2.40. The highest BCUT2D eigenvalue weighted by atomic mass is 35.5. The maximum Gasteiger partial charge on any atom is 0.254 e. The number of methoxy groups -OCH3 is 1. The van der Waals surface area contributed by atoms with Crippen molar-refractivity contribution in [2.75, 3.05) is 68.5 Å². The summed E-state index contributed by atoms with van der Waals surface area (Å²) in [7, 11) is 1.59. The van der Waals surface area contributed by atoms with Gasteiger partial charge in [-0.25, -0.2) is 14.4 Å². The summed E-state index contributed by atoms with van der Waals surface area (Å²) >= 11 is 7.59. The van der Waals surface area contributed by atoms with Gasteiger partial charge in [0, 0.05) is 63.5 Å². The summed E-state index contributed by atoms with van der Waals surface area (Å²) in [6, 6.07) is 15.5. The summed E-state index contributed by atoms with van der Waals surface area (Å²) in [5.74, 6) is 1.26. The zero-order chi connectivity index (χ0) is 28.9. The van der Waals surface area contributed by atoms with Gasteiger partial charge < -0.3 is 24.3 Å². The van der Waals surface area contributed by atoms with Crippen molar-refractivity contribution in [1.29, 1.82) is 0 Å². The molecule has 9 nitrogen and oxygen atoms in total. The molecule has 0 saturated carbocycles. The zero-order valence-corrected chi connectivity index (χ0v) is 24.6. The third-order valence-electron chi connectivity index (χ3n) is 7.36. The Bertz CT molecular complexity index is 1390. The number of hydrogen-bond acceptors (Lipinski definition) is 8. The van der Waals surface area contributed by atoms with Crippen LogP contribution in [0.15, 0.2) is 59.8 Å². The van der Waals surface area contributed by atoms with Crippen molar-refractivity contribution < 1.29 is 18.7 Å². The van der Waals surface area contributed by atoms with Gasteiger partial charge in [0.15, 0.2) is 5.16 Å². The van der Waals surface area contributed by atoms with Crippen LogP contribution in [0.3, 0.4) is 0 Å². The molecule has 0 spiro atoms. The number of carbonyl (C=O) groups is 2. The molecule has 1 aromatic heterocycles. The van der Waals surface area contributed by atoms with Gasteiger partial charge >= 0.3 is 0 Å². The van der Waals surface area contributed by atoms with Crippen molar-refractivity contribution in [3.63, 3.8) is 0 Å². The van der Waals surface area contributed by atoms with Gasteiger partial charge in [-0.3, -0.25) is 9.59 Å². The van der Waals surface area contributed by atoms with Crippen LogP contribution in [0.2, 0.25) is 5.15 Å². The molecular weight excluding hydrogens is 567 g/mol. The minimum Gasteiger partial charge on any atom is -0.497 e. The smallest absolute Gasteiger partial charge is 0.254 e. The number of halogens is 2. The Kier molecular flexibility index (Phi) is 9.14. The summed E-state index contributed by atoms with van der Waals surface area (Å²) in [5, 5.41) is 0.725. The third-order valence-corrected chi connectivity index (χ3v) is 8.39. The second-order valence-corrected chi connectivity index (χ2v) is 11.3.